The first kappa shape index (κ1) is 20.5. The van der Waals surface area contributed by atoms with Gasteiger partial charge in [-0.2, -0.15) is 0 Å². The summed E-state index contributed by atoms with van der Waals surface area (Å²) in [5.74, 6) is 0.264. The van der Waals surface area contributed by atoms with Gasteiger partial charge in [0.05, 0.1) is 27.3 Å². The van der Waals surface area contributed by atoms with Crippen LogP contribution in [0.15, 0.2) is 46.8 Å². The Bertz CT molecular complexity index is 968. The maximum atomic E-state index is 12.6. The van der Waals surface area contributed by atoms with E-state index in [0.29, 0.717) is 10.8 Å². The number of thioether (sulfide) groups is 1. The minimum absolute atomic E-state index is 0.0510. The lowest BCUT2D eigenvalue weighted by molar-refractivity contribution is -0.113. The molecule has 1 aromatic heterocycles. The van der Waals surface area contributed by atoms with Gasteiger partial charge >= 0.3 is 0 Å². The number of likely N-dealkylation sites (N-methyl/N-ethyl adjacent to an activating group) is 1. The molecule has 1 aliphatic rings. The molecule has 29 heavy (non-hydrogen) atoms. The van der Waals surface area contributed by atoms with Crippen molar-refractivity contribution < 1.29 is 4.79 Å². The van der Waals surface area contributed by atoms with Crippen molar-refractivity contribution in [2.24, 2.45) is 0 Å². The lowest BCUT2D eigenvalue weighted by Crippen LogP contribution is -2.46. The number of thiazole rings is 1. The highest BCUT2D eigenvalue weighted by Gasteiger charge is 2.19. The molecule has 5 nitrogen and oxygen atoms in total. The van der Waals surface area contributed by atoms with Crippen LogP contribution in [0.1, 0.15) is 6.92 Å². The molecule has 1 aliphatic heterocycles. The van der Waals surface area contributed by atoms with Crippen molar-refractivity contribution in [2.45, 2.75) is 11.3 Å². The average Bonchev–Trinajstić information content (AvgIpc) is 3.16. The van der Waals surface area contributed by atoms with Gasteiger partial charge in [0.1, 0.15) is 0 Å². The molecule has 3 aromatic rings. The fourth-order valence-electron chi connectivity index (χ4n) is 3.42. The van der Waals surface area contributed by atoms with Gasteiger partial charge in [0.15, 0.2) is 4.34 Å². The monoisotopic (exact) mass is 446 g/mol. The Labute approximate surface area is 184 Å². The van der Waals surface area contributed by atoms with Crippen LogP contribution < -0.4 is 10.2 Å². The second-order valence-corrected chi connectivity index (χ2v) is 9.56. The van der Waals surface area contributed by atoms with E-state index in [-0.39, 0.29) is 5.91 Å². The van der Waals surface area contributed by atoms with Crippen LogP contribution in [0.5, 0.6) is 0 Å². The number of para-hydroxylation sites is 1. The molecule has 1 fully saturated rings. The van der Waals surface area contributed by atoms with Gasteiger partial charge in [0, 0.05) is 31.2 Å². The highest BCUT2D eigenvalue weighted by molar-refractivity contribution is 8.01. The largest absolute Gasteiger partial charge is 0.367 e. The van der Waals surface area contributed by atoms with Gasteiger partial charge in [-0.3, -0.25) is 4.79 Å². The summed E-state index contributed by atoms with van der Waals surface area (Å²) in [6.45, 7) is 7.20. The molecule has 0 bridgehead atoms. The van der Waals surface area contributed by atoms with E-state index in [1.165, 1.54) is 11.8 Å². The van der Waals surface area contributed by atoms with Gasteiger partial charge in [0.25, 0.3) is 0 Å². The van der Waals surface area contributed by atoms with Crippen LogP contribution in [0.3, 0.4) is 0 Å². The quantitative estimate of drug-likeness (QED) is 0.550. The number of hydrogen-bond donors (Lipinski definition) is 1. The minimum Gasteiger partial charge on any atom is -0.367 e. The van der Waals surface area contributed by atoms with Crippen LogP contribution in [0.2, 0.25) is 5.02 Å². The number of anilines is 2. The molecule has 2 heterocycles. The van der Waals surface area contributed by atoms with E-state index < -0.39 is 0 Å². The Morgan fingerprint density at radius 2 is 2.00 bits per heavy atom. The van der Waals surface area contributed by atoms with Gasteiger partial charge in [0.2, 0.25) is 5.91 Å². The third-order valence-electron chi connectivity index (χ3n) is 4.99. The van der Waals surface area contributed by atoms with E-state index in [1.54, 1.807) is 11.3 Å². The van der Waals surface area contributed by atoms with Crippen molar-refractivity contribution in [3.05, 3.63) is 47.5 Å². The van der Waals surface area contributed by atoms with Crippen LogP contribution in [-0.4, -0.2) is 54.3 Å². The van der Waals surface area contributed by atoms with E-state index >= 15 is 0 Å². The Morgan fingerprint density at radius 3 is 2.76 bits per heavy atom. The summed E-state index contributed by atoms with van der Waals surface area (Å²) < 4.78 is 2.04. The molecule has 2 aromatic carbocycles. The third kappa shape index (κ3) is 5.04. The summed E-state index contributed by atoms with van der Waals surface area (Å²) in [6.07, 6.45) is 0. The fourth-order valence-corrected chi connectivity index (χ4v) is 5.46. The Morgan fingerprint density at radius 1 is 1.21 bits per heavy atom. The third-order valence-corrected chi connectivity index (χ3v) is 7.41. The van der Waals surface area contributed by atoms with E-state index in [9.17, 15) is 4.79 Å². The van der Waals surface area contributed by atoms with Crippen LogP contribution in [0.25, 0.3) is 10.2 Å². The Hall–Kier alpha value is -1.80. The number of carbonyl (C=O) groups is 1. The summed E-state index contributed by atoms with van der Waals surface area (Å²) in [7, 11) is 0. The number of aromatic nitrogens is 1. The van der Waals surface area contributed by atoms with Gasteiger partial charge in [-0.05, 0) is 36.9 Å². The average molecular weight is 447 g/mol. The summed E-state index contributed by atoms with van der Waals surface area (Å²) in [5.41, 5.74) is 2.78. The van der Waals surface area contributed by atoms with E-state index in [0.717, 1.165) is 58.7 Å². The van der Waals surface area contributed by atoms with E-state index in [2.05, 4.69) is 27.0 Å². The zero-order valence-corrected chi connectivity index (χ0v) is 18.6. The molecular weight excluding hydrogens is 424 g/mol. The van der Waals surface area contributed by atoms with Gasteiger partial charge in [-0.15, -0.1) is 11.3 Å². The highest BCUT2D eigenvalue weighted by atomic mass is 35.5. The van der Waals surface area contributed by atoms with Crippen LogP contribution in [0.4, 0.5) is 11.4 Å². The smallest absolute Gasteiger partial charge is 0.234 e. The van der Waals surface area contributed by atoms with Crippen molar-refractivity contribution in [1.82, 2.24) is 9.88 Å². The maximum absolute atomic E-state index is 12.6. The molecule has 1 amide bonds. The molecular formula is C21H23ClN4OS2. The standard InChI is InChI=1S/C21H23ClN4OS2/c1-2-25-9-11-26(12-10-25)18-8-7-15(22)13-17(18)23-20(27)14-28-21-24-16-5-3-4-6-19(16)29-21/h3-8,13H,2,9-12,14H2,1H3,(H,23,27). The van der Waals surface area contributed by atoms with Gasteiger partial charge in [-0.25, -0.2) is 4.98 Å². The molecule has 0 saturated carbocycles. The summed E-state index contributed by atoms with van der Waals surface area (Å²) in [4.78, 5) is 21.9. The second kappa shape index (κ2) is 9.34. The summed E-state index contributed by atoms with van der Waals surface area (Å²) >= 11 is 9.29. The Kier molecular flexibility index (Phi) is 6.60. The van der Waals surface area contributed by atoms with Crippen LogP contribution >= 0.6 is 34.7 Å². The van der Waals surface area contributed by atoms with Crippen LogP contribution in [-0.2, 0) is 4.79 Å². The lowest BCUT2D eigenvalue weighted by Gasteiger charge is -2.36. The molecule has 0 unspecified atom stereocenters. The number of halogens is 1. The van der Waals surface area contributed by atoms with Crippen molar-refractivity contribution in [3.63, 3.8) is 0 Å². The number of fused-ring (bicyclic) bond motifs is 1. The van der Waals surface area contributed by atoms with E-state index in [4.69, 9.17) is 11.6 Å². The zero-order valence-electron chi connectivity index (χ0n) is 16.2. The van der Waals surface area contributed by atoms with E-state index in [1.807, 2.05) is 42.5 Å². The van der Waals surface area contributed by atoms with Crippen molar-refractivity contribution in [1.29, 1.82) is 0 Å². The van der Waals surface area contributed by atoms with Crippen molar-refractivity contribution in [3.8, 4) is 0 Å². The number of rotatable bonds is 6. The molecule has 8 heteroatoms. The number of nitrogens with zero attached hydrogens (tertiary/aromatic N) is 3. The van der Waals surface area contributed by atoms with Crippen molar-refractivity contribution >= 4 is 62.2 Å². The van der Waals surface area contributed by atoms with Crippen molar-refractivity contribution in [2.75, 3.05) is 48.7 Å². The number of carbonyl (C=O) groups excluding carboxylic acids is 1. The number of nitrogens with one attached hydrogen (secondary N) is 1. The first-order chi connectivity index (χ1) is 14.1. The molecule has 0 spiro atoms. The lowest BCUT2D eigenvalue weighted by atomic mass is 10.2. The Balaban J connectivity index is 1.41. The molecule has 0 radical (unpaired) electrons. The molecule has 0 atom stereocenters. The molecule has 1 N–H and O–H groups in total. The maximum Gasteiger partial charge on any atom is 0.234 e. The number of amides is 1. The normalized spacial score (nSPS) is 15.0. The zero-order chi connectivity index (χ0) is 20.2. The number of piperazine rings is 1. The minimum atomic E-state index is -0.0510. The molecule has 4 rings (SSSR count). The fraction of sp³-hybridized carbons (Fsp3) is 0.333. The van der Waals surface area contributed by atoms with Crippen LogP contribution in [0, 0.1) is 0 Å². The van der Waals surface area contributed by atoms with Gasteiger partial charge < -0.3 is 15.1 Å². The second-order valence-electron chi connectivity index (χ2n) is 6.87. The number of hydrogen-bond acceptors (Lipinski definition) is 6. The first-order valence-electron chi connectivity index (χ1n) is 9.67. The molecule has 0 aliphatic carbocycles. The predicted octanol–water partition coefficient (Wildman–Crippen LogP) is 4.82. The summed E-state index contributed by atoms with van der Waals surface area (Å²) in [5, 5.41) is 3.68. The number of benzene rings is 2. The highest BCUT2D eigenvalue weighted by Crippen LogP contribution is 2.32. The predicted molar refractivity (Wildman–Crippen MR) is 125 cm³/mol. The first-order valence-corrected chi connectivity index (χ1v) is 11.9. The molecule has 1 saturated heterocycles. The SMILES string of the molecule is CCN1CCN(c2ccc(Cl)cc2NC(=O)CSc2nc3ccccc3s2)CC1. The molecule has 152 valence electrons. The summed E-state index contributed by atoms with van der Waals surface area (Å²) in [6, 6.07) is 13.7. The topological polar surface area (TPSA) is 48.5 Å². The van der Waals surface area contributed by atoms with Gasteiger partial charge in [-0.1, -0.05) is 42.4 Å².